The van der Waals surface area contributed by atoms with E-state index in [9.17, 15) is 9.59 Å². The van der Waals surface area contributed by atoms with Crippen molar-refractivity contribution in [1.82, 2.24) is 4.90 Å². The number of nitrogens with zero attached hydrogens (tertiary/aromatic N) is 1. The van der Waals surface area contributed by atoms with E-state index in [2.05, 4.69) is 0 Å². The van der Waals surface area contributed by atoms with Crippen molar-refractivity contribution in [3.8, 4) is 0 Å². The molecule has 0 aromatic heterocycles. The molecule has 108 valence electrons. The maximum absolute atomic E-state index is 12.2. The molecule has 0 aromatic carbocycles. The van der Waals surface area contributed by atoms with Crippen molar-refractivity contribution < 1.29 is 19.4 Å². The first kappa shape index (κ1) is 15.0. The fourth-order valence-corrected chi connectivity index (χ4v) is 4.91. The number of thioether (sulfide) groups is 2. The highest BCUT2D eigenvalue weighted by molar-refractivity contribution is 8.06. The Morgan fingerprint density at radius 1 is 1.32 bits per heavy atom. The normalized spacial score (nSPS) is 28.1. The molecule has 2 saturated heterocycles. The second kappa shape index (κ2) is 7.40. The van der Waals surface area contributed by atoms with Crippen molar-refractivity contribution in [2.45, 2.75) is 24.2 Å². The van der Waals surface area contributed by atoms with Crippen LogP contribution < -0.4 is 0 Å². The number of rotatable bonds is 4. The number of carbonyl (C=O) groups excluding carboxylic acids is 1. The number of hydrogen-bond donors (Lipinski definition) is 1. The van der Waals surface area contributed by atoms with Gasteiger partial charge in [-0.2, -0.15) is 23.5 Å². The predicted molar refractivity (Wildman–Crippen MR) is 76.8 cm³/mol. The molecule has 2 fully saturated rings. The summed E-state index contributed by atoms with van der Waals surface area (Å²) >= 11 is 3.78. The van der Waals surface area contributed by atoms with Gasteiger partial charge in [0, 0.05) is 42.0 Å². The van der Waals surface area contributed by atoms with Crippen molar-refractivity contribution >= 4 is 35.4 Å². The molecule has 2 aliphatic rings. The fourth-order valence-electron chi connectivity index (χ4n) is 2.24. The SMILES string of the molecule is O=C(O)CC1CN(C(=O)CC2CSCCS2)CCO1. The van der Waals surface area contributed by atoms with Gasteiger partial charge in [-0.05, 0) is 0 Å². The molecule has 0 radical (unpaired) electrons. The van der Waals surface area contributed by atoms with Crippen LogP contribution in [-0.2, 0) is 14.3 Å². The second-order valence-electron chi connectivity index (χ2n) is 4.70. The van der Waals surface area contributed by atoms with Crippen LogP contribution in [0.2, 0.25) is 0 Å². The Labute approximate surface area is 121 Å². The van der Waals surface area contributed by atoms with Gasteiger partial charge in [0.25, 0.3) is 0 Å². The van der Waals surface area contributed by atoms with E-state index in [1.165, 1.54) is 5.75 Å². The van der Waals surface area contributed by atoms with E-state index in [1.807, 2.05) is 23.5 Å². The van der Waals surface area contributed by atoms with E-state index in [0.29, 0.717) is 31.4 Å². The van der Waals surface area contributed by atoms with E-state index in [1.54, 1.807) is 4.90 Å². The number of morpholine rings is 1. The summed E-state index contributed by atoms with van der Waals surface area (Å²) in [5, 5.41) is 9.17. The van der Waals surface area contributed by atoms with Gasteiger partial charge in [-0.15, -0.1) is 0 Å². The van der Waals surface area contributed by atoms with Crippen molar-refractivity contribution in [3.63, 3.8) is 0 Å². The van der Waals surface area contributed by atoms with Gasteiger partial charge in [0.1, 0.15) is 0 Å². The zero-order valence-corrected chi connectivity index (χ0v) is 12.4. The lowest BCUT2D eigenvalue weighted by atomic mass is 10.2. The van der Waals surface area contributed by atoms with Crippen LogP contribution in [0, 0.1) is 0 Å². The third-order valence-electron chi connectivity index (χ3n) is 3.18. The number of aliphatic carboxylic acids is 1. The summed E-state index contributed by atoms with van der Waals surface area (Å²) < 4.78 is 5.38. The first-order valence-electron chi connectivity index (χ1n) is 6.45. The highest BCUT2D eigenvalue weighted by atomic mass is 32.2. The highest BCUT2D eigenvalue weighted by Crippen LogP contribution is 2.27. The maximum Gasteiger partial charge on any atom is 0.306 e. The number of ether oxygens (including phenoxy) is 1. The molecule has 0 aliphatic carbocycles. The van der Waals surface area contributed by atoms with Gasteiger partial charge < -0.3 is 14.7 Å². The zero-order chi connectivity index (χ0) is 13.7. The zero-order valence-electron chi connectivity index (χ0n) is 10.7. The van der Waals surface area contributed by atoms with Crippen molar-refractivity contribution in [2.24, 2.45) is 0 Å². The number of carbonyl (C=O) groups is 2. The van der Waals surface area contributed by atoms with Crippen LogP contribution in [0.3, 0.4) is 0 Å². The Bertz CT molecular complexity index is 334. The minimum Gasteiger partial charge on any atom is -0.481 e. The summed E-state index contributed by atoms with van der Waals surface area (Å²) in [6, 6.07) is 0. The van der Waals surface area contributed by atoms with Crippen LogP contribution in [0.1, 0.15) is 12.8 Å². The first-order valence-corrected chi connectivity index (χ1v) is 8.66. The molecular formula is C12H19NO4S2. The van der Waals surface area contributed by atoms with Crippen LogP contribution in [0.25, 0.3) is 0 Å². The molecule has 19 heavy (non-hydrogen) atoms. The molecule has 1 N–H and O–H groups in total. The molecular weight excluding hydrogens is 286 g/mol. The Hall–Kier alpha value is -0.400. The Morgan fingerprint density at radius 3 is 2.84 bits per heavy atom. The summed E-state index contributed by atoms with van der Waals surface area (Å²) in [5.74, 6) is 2.59. The quantitative estimate of drug-likeness (QED) is 0.833. The largest absolute Gasteiger partial charge is 0.481 e. The van der Waals surface area contributed by atoms with E-state index >= 15 is 0 Å². The van der Waals surface area contributed by atoms with Gasteiger partial charge in [0.05, 0.1) is 19.1 Å². The molecule has 7 heteroatoms. The van der Waals surface area contributed by atoms with Gasteiger partial charge in [-0.1, -0.05) is 0 Å². The van der Waals surface area contributed by atoms with Gasteiger partial charge >= 0.3 is 5.97 Å². The fraction of sp³-hybridized carbons (Fsp3) is 0.833. The molecule has 1 amide bonds. The van der Waals surface area contributed by atoms with E-state index in [4.69, 9.17) is 9.84 Å². The van der Waals surface area contributed by atoms with Crippen LogP contribution in [0.15, 0.2) is 0 Å². The molecule has 2 unspecified atom stereocenters. The lowest BCUT2D eigenvalue weighted by Gasteiger charge is -2.33. The Balaban J connectivity index is 1.79. The van der Waals surface area contributed by atoms with Crippen LogP contribution in [-0.4, -0.2) is 70.2 Å². The van der Waals surface area contributed by atoms with Crippen molar-refractivity contribution in [1.29, 1.82) is 0 Å². The molecule has 0 spiro atoms. The first-order chi connectivity index (χ1) is 9.15. The van der Waals surface area contributed by atoms with Gasteiger partial charge in [-0.3, -0.25) is 9.59 Å². The molecule has 0 saturated carbocycles. The van der Waals surface area contributed by atoms with Crippen LogP contribution in [0.4, 0.5) is 0 Å². The maximum atomic E-state index is 12.2. The molecule has 2 atom stereocenters. The third kappa shape index (κ3) is 4.89. The molecule has 2 rings (SSSR count). The topological polar surface area (TPSA) is 66.8 Å². The average molecular weight is 305 g/mol. The van der Waals surface area contributed by atoms with E-state index < -0.39 is 5.97 Å². The van der Waals surface area contributed by atoms with Crippen molar-refractivity contribution in [3.05, 3.63) is 0 Å². The molecule has 0 aromatic rings. The molecule has 5 nitrogen and oxygen atoms in total. The monoisotopic (exact) mass is 305 g/mol. The van der Waals surface area contributed by atoms with E-state index in [-0.39, 0.29) is 18.4 Å². The number of carboxylic acid groups (broad SMARTS) is 1. The molecule has 2 heterocycles. The number of hydrogen-bond acceptors (Lipinski definition) is 5. The second-order valence-corrected chi connectivity index (χ2v) is 7.26. The minimum atomic E-state index is -0.876. The summed E-state index contributed by atoms with van der Waals surface area (Å²) in [4.78, 5) is 24.6. The Kier molecular flexibility index (Phi) is 5.84. The highest BCUT2D eigenvalue weighted by Gasteiger charge is 2.28. The summed E-state index contributed by atoms with van der Waals surface area (Å²) in [6.45, 7) is 1.44. The smallest absolute Gasteiger partial charge is 0.306 e. The summed E-state index contributed by atoms with van der Waals surface area (Å²) in [6.07, 6.45) is 0.179. The standard InChI is InChI=1S/C12H19NO4S2/c14-11(6-10-8-18-3-4-19-10)13-1-2-17-9(7-13)5-12(15)16/h9-10H,1-8H2,(H,15,16). The number of carboxylic acids is 1. The average Bonchev–Trinajstić information content (AvgIpc) is 2.39. The van der Waals surface area contributed by atoms with Crippen molar-refractivity contribution in [2.75, 3.05) is 37.0 Å². The van der Waals surface area contributed by atoms with Crippen LogP contribution in [0.5, 0.6) is 0 Å². The summed E-state index contributed by atoms with van der Waals surface area (Å²) in [7, 11) is 0. The van der Waals surface area contributed by atoms with Gasteiger partial charge in [0.15, 0.2) is 0 Å². The lowest BCUT2D eigenvalue weighted by molar-refractivity contribution is -0.147. The predicted octanol–water partition coefficient (Wildman–Crippen LogP) is 0.927. The third-order valence-corrected chi connectivity index (χ3v) is 6.03. The van der Waals surface area contributed by atoms with Gasteiger partial charge in [0.2, 0.25) is 5.91 Å². The Morgan fingerprint density at radius 2 is 2.16 bits per heavy atom. The minimum absolute atomic E-state index is 0.0299. The molecule has 0 bridgehead atoms. The van der Waals surface area contributed by atoms with Gasteiger partial charge in [-0.25, -0.2) is 0 Å². The van der Waals surface area contributed by atoms with E-state index in [0.717, 1.165) is 11.5 Å². The molecule has 2 aliphatic heterocycles. The summed E-state index contributed by atoms with van der Waals surface area (Å²) in [5.41, 5.74) is 0. The van der Waals surface area contributed by atoms with Crippen LogP contribution >= 0.6 is 23.5 Å². The number of amides is 1. The lowest BCUT2D eigenvalue weighted by Crippen LogP contribution is -2.47.